The molecule has 10 heteroatoms. The van der Waals surface area contributed by atoms with E-state index in [4.69, 9.17) is 0 Å². The minimum absolute atomic E-state index is 0.00931. The Kier molecular flexibility index (Phi) is 6.07. The van der Waals surface area contributed by atoms with Crippen LogP contribution in [0.3, 0.4) is 0 Å². The summed E-state index contributed by atoms with van der Waals surface area (Å²) in [6, 6.07) is 10.5. The molecule has 1 aliphatic carbocycles. The van der Waals surface area contributed by atoms with Gasteiger partial charge in [-0.2, -0.15) is 26.3 Å². The highest BCUT2D eigenvalue weighted by Gasteiger charge is 2.47. The van der Waals surface area contributed by atoms with E-state index in [1.807, 2.05) is 30.3 Å². The van der Waals surface area contributed by atoms with Gasteiger partial charge in [0, 0.05) is 31.4 Å². The summed E-state index contributed by atoms with van der Waals surface area (Å²) in [5.41, 5.74) is -2.72. The van der Waals surface area contributed by atoms with Gasteiger partial charge in [0.2, 0.25) is 0 Å². The minimum Gasteiger partial charge on any atom is -0.530 e. The number of carboxylic acid groups (broad SMARTS) is 1. The van der Waals surface area contributed by atoms with Gasteiger partial charge in [-0.25, -0.2) is 0 Å². The third-order valence-corrected chi connectivity index (χ3v) is 6.60. The fourth-order valence-corrected chi connectivity index (χ4v) is 5.10. The maximum atomic E-state index is 13.2. The molecule has 2 aromatic rings. The van der Waals surface area contributed by atoms with Crippen molar-refractivity contribution in [2.75, 3.05) is 18.0 Å². The zero-order valence-electron chi connectivity index (χ0n) is 17.4. The van der Waals surface area contributed by atoms with E-state index in [1.165, 1.54) is 0 Å². The van der Waals surface area contributed by atoms with Crippen LogP contribution in [0.2, 0.25) is 0 Å². The van der Waals surface area contributed by atoms with E-state index in [1.54, 1.807) is 0 Å². The molecule has 3 atom stereocenters. The number of carbonyl (C=O) groups excluding carboxylic acids is 1. The number of fused-ring (bicyclic) bond motifs is 2. The van der Waals surface area contributed by atoms with Gasteiger partial charge in [-0.15, -0.1) is 0 Å². The zero-order chi connectivity index (χ0) is 24.0. The van der Waals surface area contributed by atoms with Crippen molar-refractivity contribution in [2.24, 2.45) is 11.8 Å². The number of amides is 1. The molecule has 2 aromatic carbocycles. The molecule has 1 heterocycles. The first kappa shape index (κ1) is 23.4. The molecule has 0 spiro atoms. The van der Waals surface area contributed by atoms with Crippen molar-refractivity contribution in [3.8, 4) is 0 Å². The van der Waals surface area contributed by atoms with Crippen LogP contribution in [0.5, 0.6) is 0 Å². The molecule has 1 saturated heterocycles. The molecule has 4 rings (SSSR count). The summed E-state index contributed by atoms with van der Waals surface area (Å²) >= 11 is 0. The SMILES string of the molecule is O=C([O-])N(CC1C2CCC1N(Cc1ccccc1)C2)c1cc(C(F)(F)F)cc(C(F)(F)F)c1. The Morgan fingerprint density at radius 1 is 0.970 bits per heavy atom. The van der Waals surface area contributed by atoms with Crippen LogP contribution in [-0.4, -0.2) is 30.1 Å². The molecule has 33 heavy (non-hydrogen) atoms. The maximum absolute atomic E-state index is 13.2. The quantitative estimate of drug-likeness (QED) is 0.590. The lowest BCUT2D eigenvalue weighted by Gasteiger charge is -2.32. The van der Waals surface area contributed by atoms with Gasteiger partial charge in [0.05, 0.1) is 11.1 Å². The second kappa shape index (κ2) is 8.55. The van der Waals surface area contributed by atoms with Crippen LogP contribution in [0.25, 0.3) is 0 Å². The highest BCUT2D eigenvalue weighted by atomic mass is 19.4. The lowest BCUT2D eigenvalue weighted by molar-refractivity contribution is -0.246. The molecule has 0 N–H and O–H groups in total. The summed E-state index contributed by atoms with van der Waals surface area (Å²) in [6.45, 7) is 1.12. The van der Waals surface area contributed by atoms with Crippen molar-refractivity contribution in [3.63, 3.8) is 0 Å². The third-order valence-electron chi connectivity index (χ3n) is 6.60. The van der Waals surface area contributed by atoms with Crippen LogP contribution >= 0.6 is 0 Å². The van der Waals surface area contributed by atoms with Crippen LogP contribution in [0.15, 0.2) is 48.5 Å². The number of hydrogen-bond donors (Lipinski definition) is 0. The fourth-order valence-electron chi connectivity index (χ4n) is 5.10. The van der Waals surface area contributed by atoms with E-state index in [9.17, 15) is 36.2 Å². The van der Waals surface area contributed by atoms with E-state index >= 15 is 0 Å². The Labute approximate surface area is 186 Å². The second-order valence-corrected chi connectivity index (χ2v) is 8.62. The van der Waals surface area contributed by atoms with Crippen LogP contribution in [0.1, 0.15) is 29.5 Å². The number of halogens is 6. The third kappa shape index (κ3) is 4.95. The number of alkyl halides is 6. The highest BCUT2D eigenvalue weighted by molar-refractivity contribution is 5.85. The molecule has 2 bridgehead atoms. The molecular weight excluding hydrogens is 450 g/mol. The normalized spacial score (nSPS) is 23.2. The standard InChI is InChI=1S/C23H22F6N2O2/c24-22(25,26)16-8-17(23(27,28)29)10-18(9-16)31(21(32)33)13-19-15-6-7-20(19)30(12-15)11-14-4-2-1-3-5-14/h1-5,8-10,15,19-20H,6-7,11-13H2,(H,32,33)/p-1. The number of hydrogen-bond acceptors (Lipinski definition) is 3. The Morgan fingerprint density at radius 3 is 2.12 bits per heavy atom. The minimum atomic E-state index is -5.06. The molecule has 0 aromatic heterocycles. The number of carbonyl (C=O) groups is 1. The summed E-state index contributed by atoms with van der Waals surface area (Å²) in [5, 5.41) is 11.9. The number of anilines is 1. The Morgan fingerprint density at radius 2 is 1.58 bits per heavy atom. The molecule has 1 aliphatic heterocycles. The molecule has 0 radical (unpaired) electrons. The topological polar surface area (TPSA) is 46.6 Å². The number of piperidine rings is 1. The molecule has 1 amide bonds. The van der Waals surface area contributed by atoms with Gasteiger partial charge < -0.3 is 14.8 Å². The van der Waals surface area contributed by atoms with Gasteiger partial charge in [0.1, 0.15) is 6.09 Å². The van der Waals surface area contributed by atoms with E-state index in [2.05, 4.69) is 4.90 Å². The van der Waals surface area contributed by atoms with Crippen LogP contribution in [0.4, 0.5) is 36.8 Å². The van der Waals surface area contributed by atoms with E-state index in [-0.39, 0.29) is 30.5 Å². The number of benzene rings is 2. The predicted molar refractivity (Wildman–Crippen MR) is 106 cm³/mol. The fraction of sp³-hybridized carbons (Fsp3) is 0.435. The molecular formula is C23H21F6N2O2-. The van der Waals surface area contributed by atoms with Crippen molar-refractivity contribution in [2.45, 2.75) is 37.8 Å². The van der Waals surface area contributed by atoms with Gasteiger partial charge in [-0.05, 0) is 48.4 Å². The average Bonchev–Trinajstić information content (AvgIpc) is 3.27. The Bertz CT molecular complexity index is 976. The van der Waals surface area contributed by atoms with Crippen LogP contribution in [0, 0.1) is 11.8 Å². The van der Waals surface area contributed by atoms with Gasteiger partial charge in [-0.1, -0.05) is 30.3 Å². The van der Waals surface area contributed by atoms with Crippen LogP contribution < -0.4 is 10.0 Å². The lowest BCUT2D eigenvalue weighted by atomic mass is 9.97. The number of likely N-dealkylation sites (tertiary alicyclic amines) is 1. The number of nitrogens with zero attached hydrogens (tertiary/aromatic N) is 2. The first-order valence-corrected chi connectivity index (χ1v) is 10.5. The van der Waals surface area contributed by atoms with E-state index in [0.717, 1.165) is 18.4 Å². The summed E-state index contributed by atoms with van der Waals surface area (Å²) in [6.07, 6.45) is -10.3. The zero-order valence-corrected chi connectivity index (χ0v) is 17.4. The summed E-state index contributed by atoms with van der Waals surface area (Å²) in [5.74, 6) is -0.107. The van der Waals surface area contributed by atoms with Crippen molar-refractivity contribution < 1.29 is 36.2 Å². The van der Waals surface area contributed by atoms with Gasteiger partial charge in [-0.3, -0.25) is 4.90 Å². The summed E-state index contributed by atoms with van der Waals surface area (Å²) in [4.78, 5) is 14.6. The molecule has 4 nitrogen and oxygen atoms in total. The van der Waals surface area contributed by atoms with Crippen molar-refractivity contribution in [3.05, 3.63) is 65.2 Å². The molecule has 2 fully saturated rings. The predicted octanol–water partition coefficient (Wildman–Crippen LogP) is 4.78. The van der Waals surface area contributed by atoms with Crippen molar-refractivity contribution in [1.82, 2.24) is 4.90 Å². The van der Waals surface area contributed by atoms with Crippen molar-refractivity contribution in [1.29, 1.82) is 0 Å². The van der Waals surface area contributed by atoms with Gasteiger partial charge >= 0.3 is 12.4 Å². The smallest absolute Gasteiger partial charge is 0.416 e. The highest BCUT2D eigenvalue weighted by Crippen LogP contribution is 2.45. The van der Waals surface area contributed by atoms with Crippen LogP contribution in [-0.2, 0) is 18.9 Å². The molecule has 3 unspecified atom stereocenters. The largest absolute Gasteiger partial charge is 0.530 e. The molecule has 2 aliphatic rings. The first-order chi connectivity index (χ1) is 15.4. The number of rotatable bonds is 5. The monoisotopic (exact) mass is 471 g/mol. The Hall–Kier alpha value is -2.75. The Balaban J connectivity index is 1.61. The molecule has 1 saturated carbocycles. The van der Waals surface area contributed by atoms with Gasteiger partial charge in [0.15, 0.2) is 0 Å². The maximum Gasteiger partial charge on any atom is 0.416 e. The van der Waals surface area contributed by atoms with Gasteiger partial charge in [0.25, 0.3) is 0 Å². The van der Waals surface area contributed by atoms with E-state index in [0.29, 0.717) is 30.1 Å². The lowest BCUT2D eigenvalue weighted by Crippen LogP contribution is -2.46. The average molecular weight is 471 g/mol. The first-order valence-electron chi connectivity index (χ1n) is 10.5. The molecule has 178 valence electrons. The summed E-state index contributed by atoms with van der Waals surface area (Å²) < 4.78 is 79.5. The van der Waals surface area contributed by atoms with Crippen molar-refractivity contribution >= 4 is 11.8 Å². The second-order valence-electron chi connectivity index (χ2n) is 8.62. The van der Waals surface area contributed by atoms with E-state index < -0.39 is 35.3 Å². The summed E-state index contributed by atoms with van der Waals surface area (Å²) in [7, 11) is 0.